The number of sulfone groups is 1. The van der Waals surface area contributed by atoms with Crippen LogP contribution >= 0.6 is 23.2 Å². The summed E-state index contributed by atoms with van der Waals surface area (Å²) in [4.78, 5) is 32.2. The molecule has 0 spiro atoms. The van der Waals surface area contributed by atoms with Gasteiger partial charge in [-0.1, -0.05) is 29.3 Å². The van der Waals surface area contributed by atoms with Crippen LogP contribution in [-0.2, 0) is 20.4 Å². The van der Waals surface area contributed by atoms with E-state index in [1.807, 2.05) is 18.7 Å². The van der Waals surface area contributed by atoms with Gasteiger partial charge in [-0.05, 0) is 100 Å². The maximum atomic E-state index is 13.8. The van der Waals surface area contributed by atoms with Gasteiger partial charge in [-0.2, -0.15) is 0 Å². The van der Waals surface area contributed by atoms with Crippen LogP contribution in [0.1, 0.15) is 77.0 Å². The van der Waals surface area contributed by atoms with Crippen molar-refractivity contribution in [2.45, 2.75) is 75.2 Å². The number of hydrogen-bond acceptors (Lipinski definition) is 4. The lowest BCUT2D eigenvalue weighted by Gasteiger charge is -2.27. The third kappa shape index (κ3) is 5.82. The SMILES string of the molecule is Cc1[nH]c(C=C2C(=O)Nc3ccc(S(=O)(=O)Cc4c(Cl)cccc4Cl)cc32)c(C)c1C(=O)N1CCC[C@H]1CC1CC[C@@H](F)C1. The van der Waals surface area contributed by atoms with Crippen molar-refractivity contribution in [1.29, 1.82) is 0 Å². The first-order valence-electron chi connectivity index (χ1n) is 14.9. The van der Waals surface area contributed by atoms with E-state index in [1.165, 1.54) is 12.1 Å². The minimum Gasteiger partial charge on any atom is -0.358 e. The fraction of sp³-hybridized carbons (Fsp3) is 0.394. The highest BCUT2D eigenvalue weighted by Gasteiger charge is 2.36. The second kappa shape index (κ2) is 12.0. The van der Waals surface area contributed by atoms with Gasteiger partial charge in [-0.3, -0.25) is 9.59 Å². The molecule has 1 aliphatic carbocycles. The molecular weight excluding hydrogens is 624 g/mol. The maximum absolute atomic E-state index is 13.8. The average Bonchev–Trinajstić information content (AvgIpc) is 3.73. The monoisotopic (exact) mass is 657 g/mol. The van der Waals surface area contributed by atoms with Crippen molar-refractivity contribution in [3.63, 3.8) is 0 Å². The van der Waals surface area contributed by atoms with Crippen LogP contribution in [-0.4, -0.2) is 48.9 Å². The standard InChI is InChI=1S/C33H34Cl2FN3O4S/c1-18-30(37-19(2)31(18)33(41)39-12-4-5-22(39)14-20-8-9-21(36)13-20)16-25-24-15-23(10-11-29(24)38-32(25)40)44(42,43)17-26-27(34)6-3-7-28(26)35/h3,6-7,10-11,15-16,20-22,37H,4-5,8-9,12-14,17H2,1-2H3,(H,38,40)/t20?,21-,22+/m1/s1. The number of aryl methyl sites for hydroxylation is 1. The van der Waals surface area contributed by atoms with Gasteiger partial charge in [0.1, 0.15) is 6.17 Å². The van der Waals surface area contributed by atoms with E-state index in [4.69, 9.17) is 23.2 Å². The number of nitrogens with zero attached hydrogens (tertiary/aromatic N) is 1. The number of aromatic amines is 1. The maximum Gasteiger partial charge on any atom is 0.256 e. The van der Waals surface area contributed by atoms with Crippen molar-refractivity contribution in [3.8, 4) is 0 Å². The van der Waals surface area contributed by atoms with E-state index >= 15 is 0 Å². The molecule has 44 heavy (non-hydrogen) atoms. The topological polar surface area (TPSA) is 99.3 Å². The molecule has 11 heteroatoms. The first kappa shape index (κ1) is 30.9. The molecule has 2 N–H and O–H groups in total. The van der Waals surface area contributed by atoms with Gasteiger partial charge in [0.05, 0.1) is 21.8 Å². The number of amides is 2. The molecule has 3 aromatic rings. The molecule has 2 fully saturated rings. The van der Waals surface area contributed by atoms with Gasteiger partial charge >= 0.3 is 0 Å². The minimum atomic E-state index is -3.86. The first-order chi connectivity index (χ1) is 20.9. The summed E-state index contributed by atoms with van der Waals surface area (Å²) in [6, 6.07) is 9.43. The van der Waals surface area contributed by atoms with E-state index in [9.17, 15) is 22.4 Å². The fourth-order valence-corrected chi connectivity index (χ4v) is 9.06. The lowest BCUT2D eigenvalue weighted by Crippen LogP contribution is -2.37. The van der Waals surface area contributed by atoms with Crippen LogP contribution in [0.2, 0.25) is 10.0 Å². The van der Waals surface area contributed by atoms with Crippen LogP contribution in [0.4, 0.5) is 10.1 Å². The molecule has 0 radical (unpaired) electrons. The predicted octanol–water partition coefficient (Wildman–Crippen LogP) is 7.54. The second-order valence-electron chi connectivity index (χ2n) is 12.1. The number of H-pyrrole nitrogens is 1. The Morgan fingerprint density at radius 2 is 1.86 bits per heavy atom. The number of benzene rings is 2. The highest BCUT2D eigenvalue weighted by molar-refractivity contribution is 7.90. The van der Waals surface area contributed by atoms with E-state index in [2.05, 4.69) is 10.3 Å². The van der Waals surface area contributed by atoms with Crippen LogP contribution in [0.15, 0.2) is 41.3 Å². The quantitative estimate of drug-likeness (QED) is 0.256. The third-order valence-corrected chi connectivity index (χ3v) is 11.6. The second-order valence-corrected chi connectivity index (χ2v) is 15.0. The van der Waals surface area contributed by atoms with Crippen molar-refractivity contribution < 1.29 is 22.4 Å². The Bertz CT molecular complexity index is 1780. The number of hydrogen-bond donors (Lipinski definition) is 2. The van der Waals surface area contributed by atoms with E-state index in [0.717, 1.165) is 25.7 Å². The number of anilines is 1. The molecule has 3 atom stereocenters. The number of fused-ring (bicyclic) bond motifs is 1. The smallest absolute Gasteiger partial charge is 0.256 e. The molecule has 6 rings (SSSR count). The zero-order valence-electron chi connectivity index (χ0n) is 24.6. The minimum absolute atomic E-state index is 0.0336. The molecule has 232 valence electrons. The first-order valence-corrected chi connectivity index (χ1v) is 17.3. The van der Waals surface area contributed by atoms with Gasteiger partial charge in [0.25, 0.3) is 11.8 Å². The van der Waals surface area contributed by atoms with Gasteiger partial charge in [-0.25, -0.2) is 12.8 Å². The molecule has 3 heterocycles. The molecule has 1 unspecified atom stereocenters. The average molecular weight is 659 g/mol. The molecule has 0 bridgehead atoms. The highest BCUT2D eigenvalue weighted by atomic mass is 35.5. The lowest BCUT2D eigenvalue weighted by atomic mass is 9.96. The third-order valence-electron chi connectivity index (χ3n) is 9.23. The van der Waals surface area contributed by atoms with Crippen LogP contribution in [0.5, 0.6) is 0 Å². The molecule has 2 aliphatic heterocycles. The molecule has 2 amide bonds. The summed E-state index contributed by atoms with van der Waals surface area (Å²) in [6.45, 7) is 4.36. The summed E-state index contributed by atoms with van der Waals surface area (Å²) in [5, 5.41) is 3.32. The Balaban J connectivity index is 1.28. The number of halogens is 3. The summed E-state index contributed by atoms with van der Waals surface area (Å²) in [6.07, 6.45) is 5.68. The van der Waals surface area contributed by atoms with Crippen LogP contribution in [0, 0.1) is 19.8 Å². The Hall–Kier alpha value is -3.14. The Labute approximate surface area is 266 Å². The van der Waals surface area contributed by atoms with Gasteiger partial charge in [0.15, 0.2) is 9.84 Å². The van der Waals surface area contributed by atoms with E-state index in [1.54, 1.807) is 30.3 Å². The Morgan fingerprint density at radius 1 is 1.11 bits per heavy atom. The largest absolute Gasteiger partial charge is 0.358 e. The lowest BCUT2D eigenvalue weighted by molar-refractivity contribution is -0.110. The summed E-state index contributed by atoms with van der Waals surface area (Å²) >= 11 is 12.5. The van der Waals surface area contributed by atoms with E-state index in [0.29, 0.717) is 64.6 Å². The summed E-state index contributed by atoms with van der Waals surface area (Å²) in [7, 11) is -3.86. The van der Waals surface area contributed by atoms with Gasteiger partial charge in [0.2, 0.25) is 0 Å². The van der Waals surface area contributed by atoms with Crippen molar-refractivity contribution in [2.24, 2.45) is 5.92 Å². The van der Waals surface area contributed by atoms with Gasteiger partial charge < -0.3 is 15.2 Å². The van der Waals surface area contributed by atoms with Gasteiger partial charge in [-0.15, -0.1) is 0 Å². The molecule has 3 aliphatic rings. The number of carbonyl (C=O) groups is 2. The summed E-state index contributed by atoms with van der Waals surface area (Å²) in [5.74, 6) is -0.502. The predicted molar refractivity (Wildman–Crippen MR) is 171 cm³/mol. The molecule has 2 aromatic carbocycles. The Morgan fingerprint density at radius 3 is 2.57 bits per heavy atom. The number of aromatic nitrogens is 1. The molecular formula is C33H34Cl2FN3O4S. The number of nitrogens with one attached hydrogen (secondary N) is 2. The zero-order valence-corrected chi connectivity index (χ0v) is 26.9. The van der Waals surface area contributed by atoms with E-state index in [-0.39, 0.29) is 38.4 Å². The fourth-order valence-electron chi connectivity index (χ4n) is 6.94. The van der Waals surface area contributed by atoms with Crippen molar-refractivity contribution in [1.82, 2.24) is 9.88 Å². The van der Waals surface area contributed by atoms with Crippen LogP contribution in [0.25, 0.3) is 11.6 Å². The van der Waals surface area contributed by atoms with Gasteiger partial charge in [0, 0.05) is 50.8 Å². The van der Waals surface area contributed by atoms with Crippen LogP contribution in [0.3, 0.4) is 0 Å². The molecule has 7 nitrogen and oxygen atoms in total. The van der Waals surface area contributed by atoms with Crippen LogP contribution < -0.4 is 5.32 Å². The number of alkyl halides is 1. The molecule has 1 aromatic heterocycles. The number of carbonyl (C=O) groups excluding carboxylic acids is 2. The number of likely N-dealkylation sites (tertiary alicyclic amines) is 1. The zero-order chi connectivity index (χ0) is 31.3. The normalized spacial score (nSPS) is 22.6. The van der Waals surface area contributed by atoms with E-state index < -0.39 is 21.8 Å². The summed E-state index contributed by atoms with van der Waals surface area (Å²) < 4.78 is 40.6. The van der Waals surface area contributed by atoms with Crippen molar-refractivity contribution in [3.05, 3.63) is 80.1 Å². The molecule has 1 saturated heterocycles. The number of rotatable bonds is 7. The molecule has 1 saturated carbocycles. The van der Waals surface area contributed by atoms with Crippen molar-refractivity contribution >= 4 is 62.2 Å². The summed E-state index contributed by atoms with van der Waals surface area (Å²) in [5.41, 5.74) is 4.13. The Kier molecular flexibility index (Phi) is 8.41. The highest BCUT2D eigenvalue weighted by Crippen LogP contribution is 2.38. The van der Waals surface area contributed by atoms with Crippen molar-refractivity contribution in [2.75, 3.05) is 11.9 Å².